The van der Waals surface area contributed by atoms with Crippen molar-refractivity contribution >= 4 is 35.0 Å². The van der Waals surface area contributed by atoms with E-state index in [9.17, 15) is 9.59 Å². The zero-order valence-electron chi connectivity index (χ0n) is 18.6. The number of aldehydes is 1. The molecule has 0 radical (unpaired) electrons. The number of benzene rings is 1. The number of carbonyl (C=O) groups is 2. The predicted molar refractivity (Wildman–Crippen MR) is 121 cm³/mol. The van der Waals surface area contributed by atoms with Gasteiger partial charge >= 0.3 is 0 Å². The van der Waals surface area contributed by atoms with E-state index in [0.717, 1.165) is 22.5 Å². The lowest BCUT2D eigenvalue weighted by Gasteiger charge is -2.24. The molecular formula is C22H27N7O3. The molecule has 1 atom stereocenters. The maximum absolute atomic E-state index is 12.5. The fraction of sp³-hybridized carbons (Fsp3) is 0.364. The van der Waals surface area contributed by atoms with E-state index >= 15 is 0 Å². The zero-order chi connectivity index (χ0) is 23.4. The molecule has 10 heteroatoms. The van der Waals surface area contributed by atoms with Gasteiger partial charge in [0.15, 0.2) is 5.65 Å². The molecule has 0 saturated heterocycles. The van der Waals surface area contributed by atoms with Gasteiger partial charge in [0.2, 0.25) is 5.95 Å². The van der Waals surface area contributed by atoms with E-state index in [1.165, 1.54) is 0 Å². The maximum Gasteiger partial charge on any atom is 0.251 e. The summed E-state index contributed by atoms with van der Waals surface area (Å²) in [4.78, 5) is 42.9. The van der Waals surface area contributed by atoms with Gasteiger partial charge in [-0.2, -0.15) is 4.98 Å². The predicted octanol–water partition coefficient (Wildman–Crippen LogP) is 1.24. The molecule has 1 amide bonds. The second kappa shape index (κ2) is 9.65. The van der Waals surface area contributed by atoms with E-state index < -0.39 is 6.04 Å². The molecule has 2 aromatic heterocycles. The van der Waals surface area contributed by atoms with Crippen LogP contribution in [0.1, 0.15) is 39.3 Å². The van der Waals surface area contributed by atoms with E-state index in [1.54, 1.807) is 18.3 Å². The summed E-state index contributed by atoms with van der Waals surface area (Å²) in [7, 11) is 1.94. The van der Waals surface area contributed by atoms with Crippen LogP contribution in [0.4, 0.5) is 11.6 Å². The lowest BCUT2D eigenvalue weighted by atomic mass is 10.0. The number of carbonyl (C=O) groups excluding carboxylic acids is 2. The Morgan fingerprint density at radius 2 is 1.91 bits per heavy atom. The number of nitrogens with one attached hydrogen (secondary N) is 1. The molecule has 0 aliphatic heterocycles. The summed E-state index contributed by atoms with van der Waals surface area (Å²) in [5.41, 5.74) is 11.4. The summed E-state index contributed by atoms with van der Waals surface area (Å²) in [6, 6.07) is 2.84. The first-order valence-electron chi connectivity index (χ1n) is 10.2. The number of anilines is 2. The van der Waals surface area contributed by atoms with Crippen LogP contribution in [0.5, 0.6) is 0 Å². The number of aliphatic hydroxyl groups excluding tert-OH is 1. The van der Waals surface area contributed by atoms with Crippen LogP contribution in [0.2, 0.25) is 0 Å². The van der Waals surface area contributed by atoms with Crippen LogP contribution >= 0.6 is 0 Å². The molecule has 1 aromatic carbocycles. The highest BCUT2D eigenvalue weighted by Crippen LogP contribution is 2.27. The fourth-order valence-electron chi connectivity index (χ4n) is 3.75. The average molecular weight is 438 g/mol. The van der Waals surface area contributed by atoms with Gasteiger partial charge in [-0.3, -0.25) is 4.79 Å². The number of nitrogens with zero attached hydrogens (tertiary/aromatic N) is 5. The minimum Gasteiger partial charge on any atom is -0.396 e. The molecule has 0 fully saturated rings. The molecular weight excluding hydrogens is 410 g/mol. The van der Waals surface area contributed by atoms with E-state index in [-0.39, 0.29) is 24.9 Å². The number of aryl methyl sites for hydroxylation is 3. The van der Waals surface area contributed by atoms with Crippen molar-refractivity contribution < 1.29 is 14.7 Å². The minimum atomic E-state index is -0.718. The van der Waals surface area contributed by atoms with Gasteiger partial charge in [0.1, 0.15) is 11.8 Å². The van der Waals surface area contributed by atoms with Crippen molar-refractivity contribution in [1.82, 2.24) is 25.3 Å². The van der Waals surface area contributed by atoms with Crippen molar-refractivity contribution in [3.05, 3.63) is 46.4 Å². The number of nitrogens with two attached hydrogens (primary N) is 1. The SMILES string of the molecule is Cc1cc(C(=O)NC(C=O)CCO)cc(C)c1N(C)Cc1cnc2nc(N)nc(C)c2n1. The van der Waals surface area contributed by atoms with Crippen LogP contribution in [-0.4, -0.2) is 56.9 Å². The number of rotatable bonds is 8. The van der Waals surface area contributed by atoms with Crippen LogP contribution in [0.15, 0.2) is 18.3 Å². The molecule has 3 rings (SSSR count). The highest BCUT2D eigenvalue weighted by atomic mass is 16.3. The molecule has 0 aliphatic rings. The lowest BCUT2D eigenvalue weighted by molar-refractivity contribution is -0.109. The molecule has 0 spiro atoms. The molecule has 0 aliphatic carbocycles. The normalized spacial score (nSPS) is 11.9. The quantitative estimate of drug-likeness (QED) is 0.443. The Balaban J connectivity index is 1.83. The van der Waals surface area contributed by atoms with Crippen molar-refractivity contribution in [2.75, 3.05) is 24.3 Å². The number of aromatic nitrogens is 4. The third-order valence-electron chi connectivity index (χ3n) is 5.10. The Labute approximate surface area is 185 Å². The number of amides is 1. The van der Waals surface area contributed by atoms with Crippen molar-refractivity contribution in [3.63, 3.8) is 0 Å². The summed E-state index contributed by atoms with van der Waals surface area (Å²) in [5, 5.41) is 11.6. The molecule has 2 heterocycles. The molecule has 168 valence electrons. The maximum atomic E-state index is 12.5. The van der Waals surface area contributed by atoms with Crippen LogP contribution in [0.3, 0.4) is 0 Å². The van der Waals surface area contributed by atoms with Crippen molar-refractivity contribution in [2.24, 2.45) is 0 Å². The first-order chi connectivity index (χ1) is 15.2. The Bertz CT molecular complexity index is 1140. The van der Waals surface area contributed by atoms with E-state index in [1.807, 2.05) is 32.7 Å². The number of hydrogen-bond donors (Lipinski definition) is 3. The van der Waals surface area contributed by atoms with Gasteiger partial charge < -0.3 is 25.9 Å². The minimum absolute atomic E-state index is 0.167. The topological polar surface area (TPSA) is 147 Å². The third kappa shape index (κ3) is 4.97. The Kier molecular flexibility index (Phi) is 6.94. The Morgan fingerprint density at radius 1 is 1.22 bits per heavy atom. The van der Waals surface area contributed by atoms with Crippen LogP contribution in [0.25, 0.3) is 11.2 Å². The highest BCUT2D eigenvalue weighted by molar-refractivity contribution is 5.96. The smallest absolute Gasteiger partial charge is 0.251 e. The molecule has 4 N–H and O–H groups in total. The van der Waals surface area contributed by atoms with Gasteiger partial charge in [0.25, 0.3) is 5.91 Å². The second-order valence-corrected chi connectivity index (χ2v) is 7.74. The number of fused-ring (bicyclic) bond motifs is 1. The Hall–Kier alpha value is -3.66. The van der Waals surface area contributed by atoms with E-state index in [0.29, 0.717) is 35.3 Å². The van der Waals surface area contributed by atoms with Crippen molar-refractivity contribution in [3.8, 4) is 0 Å². The third-order valence-corrected chi connectivity index (χ3v) is 5.10. The van der Waals surface area contributed by atoms with Crippen LogP contribution < -0.4 is 16.0 Å². The fourth-order valence-corrected chi connectivity index (χ4v) is 3.75. The van der Waals surface area contributed by atoms with Crippen molar-refractivity contribution in [1.29, 1.82) is 0 Å². The molecule has 32 heavy (non-hydrogen) atoms. The molecule has 0 saturated carbocycles. The van der Waals surface area contributed by atoms with Gasteiger partial charge in [0.05, 0.1) is 30.2 Å². The summed E-state index contributed by atoms with van der Waals surface area (Å²) < 4.78 is 0. The molecule has 1 unspecified atom stereocenters. The van der Waals surface area contributed by atoms with Crippen molar-refractivity contribution in [2.45, 2.75) is 39.8 Å². The average Bonchev–Trinajstić information content (AvgIpc) is 2.73. The van der Waals surface area contributed by atoms with Gasteiger partial charge in [0, 0.05) is 24.9 Å². The summed E-state index contributed by atoms with van der Waals surface area (Å²) >= 11 is 0. The first kappa shape index (κ1) is 23.0. The van der Waals surface area contributed by atoms with Gasteiger partial charge in [-0.05, 0) is 50.5 Å². The second-order valence-electron chi connectivity index (χ2n) is 7.74. The lowest BCUT2D eigenvalue weighted by Crippen LogP contribution is -2.36. The summed E-state index contributed by atoms with van der Waals surface area (Å²) in [6.07, 6.45) is 2.47. The summed E-state index contributed by atoms with van der Waals surface area (Å²) in [5.74, 6) is -0.188. The monoisotopic (exact) mass is 437 g/mol. The Morgan fingerprint density at radius 3 is 2.53 bits per heavy atom. The van der Waals surface area contributed by atoms with Crippen LogP contribution in [0, 0.1) is 20.8 Å². The molecule has 0 bridgehead atoms. The number of aliphatic hydroxyl groups is 1. The standard InChI is InChI=1S/C22H27N7O3/c1-12-7-15(21(32)27-16(11-31)5-6-30)8-13(2)19(12)29(4)10-17-9-24-20-18(26-17)14(3)25-22(23)28-20/h7-9,11,16,30H,5-6,10H2,1-4H3,(H,27,32)(H2,23,24,25,28). The summed E-state index contributed by atoms with van der Waals surface area (Å²) in [6.45, 7) is 5.98. The van der Waals surface area contributed by atoms with Gasteiger partial charge in [-0.25, -0.2) is 15.0 Å². The molecule has 3 aromatic rings. The van der Waals surface area contributed by atoms with Crippen LogP contribution in [-0.2, 0) is 11.3 Å². The van der Waals surface area contributed by atoms with Gasteiger partial charge in [-0.1, -0.05) is 0 Å². The largest absolute Gasteiger partial charge is 0.396 e. The van der Waals surface area contributed by atoms with E-state index in [2.05, 4.69) is 25.3 Å². The number of nitrogen functional groups attached to an aromatic ring is 1. The van der Waals surface area contributed by atoms with Gasteiger partial charge in [-0.15, -0.1) is 0 Å². The first-order valence-corrected chi connectivity index (χ1v) is 10.2. The number of hydrogen-bond acceptors (Lipinski definition) is 9. The molecule has 10 nitrogen and oxygen atoms in total. The zero-order valence-corrected chi connectivity index (χ0v) is 18.6. The van der Waals surface area contributed by atoms with E-state index in [4.69, 9.17) is 10.8 Å². The highest BCUT2D eigenvalue weighted by Gasteiger charge is 2.17.